The predicted molar refractivity (Wildman–Crippen MR) is 73.6 cm³/mol. The fourth-order valence-corrected chi connectivity index (χ4v) is 1.71. The second kappa shape index (κ2) is 5.82. The van der Waals surface area contributed by atoms with Crippen LogP contribution in [-0.4, -0.2) is 23.5 Å². The van der Waals surface area contributed by atoms with Crippen molar-refractivity contribution in [3.8, 4) is 0 Å². The average molecular weight is 255 g/mol. The summed E-state index contributed by atoms with van der Waals surface area (Å²) < 4.78 is 0. The molecule has 0 aromatic heterocycles. The Kier molecular flexibility index (Phi) is 3.93. The lowest BCUT2D eigenvalue weighted by Crippen LogP contribution is -2.27. The molecule has 2 aromatic carbocycles. The zero-order chi connectivity index (χ0) is 13.7. The molecule has 1 amide bonds. The Labute approximate surface area is 110 Å². The van der Waals surface area contributed by atoms with Gasteiger partial charge in [-0.25, -0.2) is 0 Å². The van der Waals surface area contributed by atoms with Gasteiger partial charge in [0.25, 0.3) is 0 Å². The highest BCUT2D eigenvalue weighted by atomic mass is 16.4. The van der Waals surface area contributed by atoms with Gasteiger partial charge in [-0.15, -0.1) is 0 Å². The molecule has 0 spiro atoms. The third-order valence-corrected chi connectivity index (χ3v) is 2.61. The molecule has 19 heavy (non-hydrogen) atoms. The summed E-state index contributed by atoms with van der Waals surface area (Å²) >= 11 is 0. The van der Waals surface area contributed by atoms with E-state index in [0.29, 0.717) is 0 Å². The van der Waals surface area contributed by atoms with Crippen molar-refractivity contribution in [1.82, 2.24) is 5.32 Å². The van der Waals surface area contributed by atoms with Crippen LogP contribution in [-0.2, 0) is 9.59 Å². The molecular weight excluding hydrogens is 242 g/mol. The Hall–Kier alpha value is -2.62. The van der Waals surface area contributed by atoms with E-state index in [-0.39, 0.29) is 6.54 Å². The minimum Gasteiger partial charge on any atom is -0.480 e. The van der Waals surface area contributed by atoms with Gasteiger partial charge in [0.15, 0.2) is 0 Å². The number of aliphatic carboxylic acids is 1. The zero-order valence-electron chi connectivity index (χ0n) is 10.2. The van der Waals surface area contributed by atoms with E-state index in [1.807, 2.05) is 42.5 Å². The van der Waals surface area contributed by atoms with Crippen molar-refractivity contribution in [2.45, 2.75) is 0 Å². The van der Waals surface area contributed by atoms with Crippen LogP contribution in [0.4, 0.5) is 0 Å². The van der Waals surface area contributed by atoms with Crippen LogP contribution in [0, 0.1) is 0 Å². The molecule has 2 aromatic rings. The summed E-state index contributed by atoms with van der Waals surface area (Å²) in [6.45, 7) is -0.374. The molecule has 0 heterocycles. The van der Waals surface area contributed by atoms with E-state index in [1.54, 1.807) is 6.08 Å². The average Bonchev–Trinajstić information content (AvgIpc) is 2.42. The van der Waals surface area contributed by atoms with Gasteiger partial charge in [0, 0.05) is 6.08 Å². The van der Waals surface area contributed by atoms with Gasteiger partial charge in [0.05, 0.1) is 0 Å². The van der Waals surface area contributed by atoms with Crippen molar-refractivity contribution in [1.29, 1.82) is 0 Å². The summed E-state index contributed by atoms with van der Waals surface area (Å²) in [7, 11) is 0. The molecule has 2 rings (SSSR count). The van der Waals surface area contributed by atoms with Crippen molar-refractivity contribution in [2.75, 3.05) is 6.54 Å². The molecule has 0 aliphatic carbocycles. The molecule has 0 unspecified atom stereocenters. The third kappa shape index (κ3) is 3.67. The van der Waals surface area contributed by atoms with Gasteiger partial charge < -0.3 is 10.4 Å². The van der Waals surface area contributed by atoms with Gasteiger partial charge >= 0.3 is 5.97 Å². The first kappa shape index (κ1) is 12.8. The fraction of sp³-hybridized carbons (Fsp3) is 0.0667. The van der Waals surface area contributed by atoms with Crippen LogP contribution in [0.1, 0.15) is 5.56 Å². The largest absolute Gasteiger partial charge is 0.480 e. The van der Waals surface area contributed by atoms with Crippen molar-refractivity contribution in [2.24, 2.45) is 0 Å². The van der Waals surface area contributed by atoms with Crippen LogP contribution in [0.2, 0.25) is 0 Å². The van der Waals surface area contributed by atoms with Crippen LogP contribution in [0.25, 0.3) is 16.8 Å². The number of carboxylic acids is 1. The number of hydrogen-bond acceptors (Lipinski definition) is 2. The third-order valence-electron chi connectivity index (χ3n) is 2.61. The van der Waals surface area contributed by atoms with Gasteiger partial charge in [0.1, 0.15) is 6.54 Å². The number of rotatable bonds is 4. The number of nitrogens with one attached hydrogen (secondary N) is 1. The van der Waals surface area contributed by atoms with Crippen LogP contribution < -0.4 is 5.32 Å². The molecule has 0 bridgehead atoms. The molecule has 0 saturated heterocycles. The number of carbonyl (C=O) groups is 2. The Balaban J connectivity index is 2.08. The molecule has 0 atom stereocenters. The number of carbonyl (C=O) groups excluding carboxylic acids is 1. The zero-order valence-corrected chi connectivity index (χ0v) is 10.2. The Morgan fingerprint density at radius 2 is 1.84 bits per heavy atom. The normalized spacial score (nSPS) is 10.7. The van der Waals surface area contributed by atoms with E-state index in [4.69, 9.17) is 5.11 Å². The minimum atomic E-state index is -1.06. The van der Waals surface area contributed by atoms with Gasteiger partial charge in [0.2, 0.25) is 5.91 Å². The van der Waals surface area contributed by atoms with E-state index in [2.05, 4.69) is 5.32 Å². The molecule has 0 aliphatic rings. The maximum atomic E-state index is 11.3. The molecule has 0 aliphatic heterocycles. The lowest BCUT2D eigenvalue weighted by atomic mass is 10.1. The number of fused-ring (bicyclic) bond motifs is 1. The monoisotopic (exact) mass is 255 g/mol. The second-order valence-corrected chi connectivity index (χ2v) is 4.05. The number of carboxylic acid groups (broad SMARTS) is 1. The second-order valence-electron chi connectivity index (χ2n) is 4.05. The summed E-state index contributed by atoms with van der Waals surface area (Å²) in [6, 6.07) is 13.8. The minimum absolute atomic E-state index is 0.374. The molecular formula is C15H13NO3. The molecule has 0 saturated carbocycles. The Morgan fingerprint density at radius 3 is 2.58 bits per heavy atom. The van der Waals surface area contributed by atoms with E-state index in [9.17, 15) is 9.59 Å². The summed E-state index contributed by atoms with van der Waals surface area (Å²) in [5.74, 6) is -1.48. The van der Waals surface area contributed by atoms with Gasteiger partial charge in [-0.3, -0.25) is 9.59 Å². The van der Waals surface area contributed by atoms with E-state index < -0.39 is 11.9 Å². The van der Waals surface area contributed by atoms with Gasteiger partial charge in [-0.1, -0.05) is 36.4 Å². The Bertz CT molecular complexity index is 647. The maximum absolute atomic E-state index is 11.3. The number of amides is 1. The summed E-state index contributed by atoms with van der Waals surface area (Å²) in [6.07, 6.45) is 2.98. The molecule has 0 radical (unpaired) electrons. The SMILES string of the molecule is O=C(O)CNC(=O)C=Cc1ccc2ccccc2c1. The highest BCUT2D eigenvalue weighted by Gasteiger charge is 1.99. The topological polar surface area (TPSA) is 66.4 Å². The summed E-state index contributed by atoms with van der Waals surface area (Å²) in [5, 5.41) is 12.9. The molecule has 0 fully saturated rings. The number of hydrogen-bond donors (Lipinski definition) is 2. The van der Waals surface area contributed by atoms with E-state index in [0.717, 1.165) is 16.3 Å². The van der Waals surface area contributed by atoms with Crippen molar-refractivity contribution < 1.29 is 14.7 Å². The van der Waals surface area contributed by atoms with E-state index in [1.165, 1.54) is 6.08 Å². The smallest absolute Gasteiger partial charge is 0.322 e. The van der Waals surface area contributed by atoms with E-state index >= 15 is 0 Å². The number of benzene rings is 2. The first-order valence-corrected chi connectivity index (χ1v) is 5.82. The van der Waals surface area contributed by atoms with Crippen molar-refractivity contribution in [3.63, 3.8) is 0 Å². The molecule has 4 nitrogen and oxygen atoms in total. The van der Waals surface area contributed by atoms with Crippen LogP contribution in [0.3, 0.4) is 0 Å². The van der Waals surface area contributed by atoms with Gasteiger partial charge in [-0.05, 0) is 28.5 Å². The molecule has 4 heteroatoms. The fourth-order valence-electron chi connectivity index (χ4n) is 1.71. The van der Waals surface area contributed by atoms with Crippen LogP contribution in [0.5, 0.6) is 0 Å². The lowest BCUT2D eigenvalue weighted by molar-refractivity contribution is -0.137. The summed E-state index contributed by atoms with van der Waals surface area (Å²) in [5.41, 5.74) is 0.893. The Morgan fingerprint density at radius 1 is 1.11 bits per heavy atom. The molecule has 96 valence electrons. The quantitative estimate of drug-likeness (QED) is 0.822. The first-order chi connectivity index (χ1) is 9.15. The summed E-state index contributed by atoms with van der Waals surface area (Å²) in [4.78, 5) is 21.6. The maximum Gasteiger partial charge on any atom is 0.322 e. The lowest BCUT2D eigenvalue weighted by Gasteiger charge is -1.99. The standard InChI is InChI=1S/C15H13NO3/c17-14(16-10-15(18)19)8-6-11-5-7-12-3-1-2-4-13(12)9-11/h1-9H,10H2,(H,16,17)(H,18,19). The van der Waals surface area contributed by atoms with Gasteiger partial charge in [-0.2, -0.15) is 0 Å². The van der Waals surface area contributed by atoms with Crippen LogP contribution >= 0.6 is 0 Å². The highest BCUT2D eigenvalue weighted by molar-refractivity contribution is 5.94. The van der Waals surface area contributed by atoms with Crippen molar-refractivity contribution in [3.05, 3.63) is 54.1 Å². The molecule has 2 N–H and O–H groups in total. The first-order valence-electron chi connectivity index (χ1n) is 5.82. The van der Waals surface area contributed by atoms with Crippen LogP contribution in [0.15, 0.2) is 48.5 Å². The highest BCUT2D eigenvalue weighted by Crippen LogP contribution is 2.16. The predicted octanol–water partition coefficient (Wildman–Crippen LogP) is 2.05. The van der Waals surface area contributed by atoms with Crippen molar-refractivity contribution >= 4 is 28.7 Å².